The highest BCUT2D eigenvalue weighted by Crippen LogP contribution is 2.27. The predicted molar refractivity (Wildman–Crippen MR) is 106 cm³/mol. The van der Waals surface area contributed by atoms with Crippen molar-refractivity contribution in [1.82, 2.24) is 4.90 Å². The van der Waals surface area contributed by atoms with Gasteiger partial charge in [0.15, 0.2) is 0 Å². The number of nitrogens with zero attached hydrogens (tertiary/aromatic N) is 2. The fourth-order valence-electron chi connectivity index (χ4n) is 3.24. The molecule has 6 nitrogen and oxygen atoms in total. The number of amides is 3. The molecule has 1 unspecified atom stereocenters. The third-order valence-electron chi connectivity index (χ3n) is 4.69. The van der Waals surface area contributed by atoms with Gasteiger partial charge < -0.3 is 9.64 Å². The van der Waals surface area contributed by atoms with Crippen LogP contribution in [0.3, 0.4) is 0 Å². The van der Waals surface area contributed by atoms with Crippen molar-refractivity contribution in [3.63, 3.8) is 0 Å². The van der Waals surface area contributed by atoms with Gasteiger partial charge >= 0.3 is 0 Å². The van der Waals surface area contributed by atoms with Gasteiger partial charge in [-0.1, -0.05) is 29.8 Å². The molecule has 3 amide bonds. The molecule has 0 aliphatic carbocycles. The summed E-state index contributed by atoms with van der Waals surface area (Å²) in [5.74, 6) is -0.548. The number of anilines is 1. The van der Waals surface area contributed by atoms with Crippen LogP contribution in [0.5, 0.6) is 5.75 Å². The van der Waals surface area contributed by atoms with Crippen LogP contribution in [0.25, 0.3) is 0 Å². The minimum absolute atomic E-state index is 0.0593. The van der Waals surface area contributed by atoms with Gasteiger partial charge in [-0.05, 0) is 37.3 Å². The highest BCUT2D eigenvalue weighted by Gasteiger charge is 2.44. The smallest absolute Gasteiger partial charge is 0.257 e. The van der Waals surface area contributed by atoms with Gasteiger partial charge in [0.05, 0.1) is 19.2 Å². The lowest BCUT2D eigenvalue weighted by Crippen LogP contribution is -2.45. The van der Waals surface area contributed by atoms with Crippen molar-refractivity contribution >= 4 is 23.4 Å². The van der Waals surface area contributed by atoms with Gasteiger partial charge in [-0.25, -0.2) is 4.90 Å². The topological polar surface area (TPSA) is 66.9 Å². The van der Waals surface area contributed by atoms with Crippen LogP contribution in [-0.2, 0) is 9.59 Å². The highest BCUT2D eigenvalue weighted by molar-refractivity contribution is 6.23. The zero-order valence-electron chi connectivity index (χ0n) is 15.9. The maximum Gasteiger partial charge on any atom is 0.257 e. The third-order valence-corrected chi connectivity index (χ3v) is 4.69. The Morgan fingerprint density at radius 3 is 2.61 bits per heavy atom. The molecular weight excluding hydrogens is 356 g/mol. The molecule has 3 rings (SSSR count). The summed E-state index contributed by atoms with van der Waals surface area (Å²) >= 11 is 0. The van der Waals surface area contributed by atoms with E-state index in [1.54, 1.807) is 42.5 Å². The molecule has 2 aromatic rings. The Morgan fingerprint density at radius 2 is 1.96 bits per heavy atom. The Labute approximate surface area is 164 Å². The Morgan fingerprint density at radius 1 is 1.25 bits per heavy atom. The van der Waals surface area contributed by atoms with Crippen LogP contribution in [0.2, 0.25) is 0 Å². The van der Waals surface area contributed by atoms with Crippen molar-refractivity contribution < 1.29 is 19.1 Å². The maximum absolute atomic E-state index is 13.1. The minimum atomic E-state index is -0.870. The molecule has 0 bridgehead atoms. The largest absolute Gasteiger partial charge is 0.497 e. The average Bonchev–Trinajstić information content (AvgIpc) is 3.00. The number of ether oxygens (including phenoxy) is 1. The van der Waals surface area contributed by atoms with Crippen LogP contribution in [0.4, 0.5) is 5.69 Å². The van der Waals surface area contributed by atoms with E-state index in [9.17, 15) is 14.4 Å². The van der Waals surface area contributed by atoms with E-state index in [-0.39, 0.29) is 24.8 Å². The lowest BCUT2D eigenvalue weighted by Gasteiger charge is -2.26. The van der Waals surface area contributed by atoms with Gasteiger partial charge in [-0.3, -0.25) is 14.4 Å². The number of carbonyl (C=O) groups is 3. The second kappa shape index (κ2) is 8.08. The van der Waals surface area contributed by atoms with E-state index in [0.29, 0.717) is 17.0 Å². The SMILES string of the molecule is C=CCN(C(=O)c1cccc(OC)c1)C1CC(=O)N(c2ccc(C)cc2)C1=O. The van der Waals surface area contributed by atoms with Gasteiger partial charge in [-0.2, -0.15) is 0 Å². The second-order valence-corrected chi connectivity index (χ2v) is 6.60. The maximum atomic E-state index is 13.1. The Bertz CT molecular complexity index is 920. The Balaban J connectivity index is 1.90. The number of carbonyl (C=O) groups excluding carboxylic acids is 3. The standard InChI is InChI=1S/C22H22N2O4/c1-4-12-23(21(26)16-6-5-7-18(13-16)28-3)19-14-20(25)24(22(19)27)17-10-8-15(2)9-11-17/h4-11,13,19H,1,12,14H2,2-3H3. The molecule has 1 aliphatic rings. The van der Waals surface area contributed by atoms with E-state index in [0.717, 1.165) is 10.5 Å². The Kier molecular flexibility index (Phi) is 5.59. The van der Waals surface area contributed by atoms with Crippen molar-refractivity contribution in [3.8, 4) is 5.75 Å². The first-order chi connectivity index (χ1) is 13.5. The zero-order chi connectivity index (χ0) is 20.3. The molecule has 2 aromatic carbocycles. The normalized spacial score (nSPS) is 16.2. The van der Waals surface area contributed by atoms with Gasteiger partial charge in [0.25, 0.3) is 11.8 Å². The molecule has 0 spiro atoms. The summed E-state index contributed by atoms with van der Waals surface area (Å²) in [6.07, 6.45) is 1.49. The van der Waals surface area contributed by atoms with Crippen molar-refractivity contribution in [3.05, 3.63) is 72.3 Å². The number of aryl methyl sites for hydroxylation is 1. The van der Waals surface area contributed by atoms with E-state index < -0.39 is 11.9 Å². The van der Waals surface area contributed by atoms with Crippen molar-refractivity contribution in [2.24, 2.45) is 0 Å². The summed E-state index contributed by atoms with van der Waals surface area (Å²) in [7, 11) is 1.52. The molecule has 0 aromatic heterocycles. The quantitative estimate of drug-likeness (QED) is 0.573. The van der Waals surface area contributed by atoms with E-state index in [1.165, 1.54) is 12.0 Å². The number of imide groups is 1. The Hall–Kier alpha value is -3.41. The fourth-order valence-corrected chi connectivity index (χ4v) is 3.24. The highest BCUT2D eigenvalue weighted by atomic mass is 16.5. The number of benzene rings is 2. The molecule has 144 valence electrons. The van der Waals surface area contributed by atoms with Crippen LogP contribution in [-0.4, -0.2) is 42.3 Å². The second-order valence-electron chi connectivity index (χ2n) is 6.60. The van der Waals surface area contributed by atoms with Crippen LogP contribution >= 0.6 is 0 Å². The summed E-state index contributed by atoms with van der Waals surface area (Å²) in [5, 5.41) is 0. The number of rotatable bonds is 6. The first kappa shape index (κ1) is 19.4. The van der Waals surface area contributed by atoms with Gasteiger partial charge in [-0.15, -0.1) is 6.58 Å². The first-order valence-electron chi connectivity index (χ1n) is 8.95. The van der Waals surface area contributed by atoms with Crippen LogP contribution in [0.15, 0.2) is 61.2 Å². The van der Waals surface area contributed by atoms with Crippen molar-refractivity contribution in [2.45, 2.75) is 19.4 Å². The zero-order valence-corrected chi connectivity index (χ0v) is 15.9. The molecule has 0 N–H and O–H groups in total. The summed E-state index contributed by atoms with van der Waals surface area (Å²) in [6.45, 7) is 5.77. The summed E-state index contributed by atoms with van der Waals surface area (Å²) in [4.78, 5) is 41.2. The first-order valence-corrected chi connectivity index (χ1v) is 8.95. The molecule has 1 fully saturated rings. The van der Waals surface area contributed by atoms with E-state index >= 15 is 0 Å². The molecular formula is C22H22N2O4. The van der Waals surface area contributed by atoms with Crippen LogP contribution in [0.1, 0.15) is 22.3 Å². The number of hydrogen-bond acceptors (Lipinski definition) is 4. The van der Waals surface area contributed by atoms with E-state index in [2.05, 4.69) is 6.58 Å². The number of methoxy groups -OCH3 is 1. The molecule has 0 saturated carbocycles. The van der Waals surface area contributed by atoms with Gasteiger partial charge in [0.1, 0.15) is 11.8 Å². The van der Waals surface area contributed by atoms with E-state index in [1.807, 2.05) is 19.1 Å². The molecule has 1 heterocycles. The lowest BCUT2D eigenvalue weighted by atomic mass is 10.1. The van der Waals surface area contributed by atoms with Gasteiger partial charge in [0.2, 0.25) is 5.91 Å². The fraction of sp³-hybridized carbons (Fsp3) is 0.227. The molecule has 28 heavy (non-hydrogen) atoms. The van der Waals surface area contributed by atoms with Crippen LogP contribution < -0.4 is 9.64 Å². The molecule has 1 atom stereocenters. The summed E-state index contributed by atoms with van der Waals surface area (Å²) in [6, 6.07) is 13.0. The molecule has 1 saturated heterocycles. The molecule has 0 radical (unpaired) electrons. The van der Waals surface area contributed by atoms with Crippen molar-refractivity contribution in [1.29, 1.82) is 0 Å². The lowest BCUT2D eigenvalue weighted by molar-refractivity contribution is -0.122. The van der Waals surface area contributed by atoms with Crippen LogP contribution in [0, 0.1) is 6.92 Å². The third kappa shape index (κ3) is 3.67. The number of hydrogen-bond donors (Lipinski definition) is 0. The van der Waals surface area contributed by atoms with Crippen molar-refractivity contribution in [2.75, 3.05) is 18.6 Å². The van der Waals surface area contributed by atoms with Gasteiger partial charge in [0, 0.05) is 12.1 Å². The summed E-state index contributed by atoms with van der Waals surface area (Å²) < 4.78 is 5.17. The minimum Gasteiger partial charge on any atom is -0.497 e. The average molecular weight is 378 g/mol. The molecule has 6 heteroatoms. The summed E-state index contributed by atoms with van der Waals surface area (Å²) in [5.41, 5.74) is 1.92. The monoisotopic (exact) mass is 378 g/mol. The predicted octanol–water partition coefficient (Wildman–Crippen LogP) is 2.96. The molecule has 1 aliphatic heterocycles. The van der Waals surface area contributed by atoms with E-state index in [4.69, 9.17) is 4.74 Å².